The lowest BCUT2D eigenvalue weighted by molar-refractivity contribution is 0.102. The number of nitrogens with one attached hydrogen (secondary N) is 1. The van der Waals surface area contributed by atoms with Gasteiger partial charge in [0.25, 0.3) is 5.91 Å². The van der Waals surface area contributed by atoms with Crippen LogP contribution in [0.25, 0.3) is 5.69 Å². The zero-order valence-corrected chi connectivity index (χ0v) is 17.5. The van der Waals surface area contributed by atoms with Gasteiger partial charge in [0.05, 0.1) is 22.3 Å². The minimum Gasteiger partial charge on any atom is -0.322 e. The van der Waals surface area contributed by atoms with Gasteiger partial charge in [-0.1, -0.05) is 25.1 Å². The Balaban J connectivity index is 1.45. The van der Waals surface area contributed by atoms with Gasteiger partial charge < -0.3 is 5.32 Å². The fourth-order valence-corrected chi connectivity index (χ4v) is 5.19. The van der Waals surface area contributed by atoms with Crippen LogP contribution >= 0.6 is 0 Å². The molecule has 1 N–H and O–H groups in total. The van der Waals surface area contributed by atoms with Gasteiger partial charge in [-0.3, -0.25) is 4.79 Å². The highest BCUT2D eigenvalue weighted by Gasteiger charge is 2.28. The van der Waals surface area contributed by atoms with Crippen molar-refractivity contribution in [3.63, 3.8) is 0 Å². The van der Waals surface area contributed by atoms with Crippen LogP contribution in [0.3, 0.4) is 0 Å². The van der Waals surface area contributed by atoms with E-state index in [1.807, 2.05) is 30.3 Å². The molecule has 1 aliphatic heterocycles. The average Bonchev–Trinajstić information content (AvgIpc) is 3.25. The van der Waals surface area contributed by atoms with Gasteiger partial charge in [0.1, 0.15) is 0 Å². The summed E-state index contributed by atoms with van der Waals surface area (Å²) in [5.74, 6) is 0.0570. The smallest absolute Gasteiger partial charge is 0.258 e. The van der Waals surface area contributed by atoms with Crippen molar-refractivity contribution in [2.24, 2.45) is 5.92 Å². The van der Waals surface area contributed by atoms with Crippen LogP contribution in [-0.4, -0.2) is 41.5 Å². The maximum atomic E-state index is 12.9. The molecule has 1 unspecified atom stereocenters. The van der Waals surface area contributed by atoms with Crippen LogP contribution in [0.4, 0.5) is 5.69 Å². The predicted molar refractivity (Wildman–Crippen MR) is 115 cm³/mol. The van der Waals surface area contributed by atoms with Gasteiger partial charge in [-0.05, 0) is 55.2 Å². The molecule has 3 aromatic rings. The van der Waals surface area contributed by atoms with Crippen LogP contribution in [0.1, 0.15) is 30.1 Å². The molecule has 30 heavy (non-hydrogen) atoms. The molecule has 1 aromatic heterocycles. The number of piperidine rings is 1. The number of amides is 1. The normalized spacial score (nSPS) is 17.6. The molecule has 0 aliphatic carbocycles. The molecule has 4 rings (SSSR count). The molecule has 156 valence electrons. The molecular formula is C22H24N4O3S. The Hall–Kier alpha value is -2.97. The Morgan fingerprint density at radius 1 is 1.10 bits per heavy atom. The molecule has 1 amide bonds. The summed E-state index contributed by atoms with van der Waals surface area (Å²) in [6.07, 6.45) is 5.09. The van der Waals surface area contributed by atoms with Crippen molar-refractivity contribution >= 4 is 21.6 Å². The second kappa shape index (κ2) is 8.41. The first-order valence-corrected chi connectivity index (χ1v) is 11.4. The number of hydrogen-bond acceptors (Lipinski definition) is 4. The van der Waals surface area contributed by atoms with Gasteiger partial charge in [0.15, 0.2) is 0 Å². The van der Waals surface area contributed by atoms with Gasteiger partial charge in [-0.15, -0.1) is 0 Å². The van der Waals surface area contributed by atoms with Crippen LogP contribution in [-0.2, 0) is 10.0 Å². The maximum absolute atomic E-state index is 12.9. The van der Waals surface area contributed by atoms with Gasteiger partial charge in [0.2, 0.25) is 10.0 Å². The molecule has 2 aromatic carbocycles. The number of benzene rings is 2. The van der Waals surface area contributed by atoms with E-state index < -0.39 is 10.0 Å². The largest absolute Gasteiger partial charge is 0.322 e. The quantitative estimate of drug-likeness (QED) is 0.679. The third-order valence-electron chi connectivity index (χ3n) is 5.24. The third kappa shape index (κ3) is 4.29. The molecule has 1 saturated heterocycles. The number of sulfonamides is 1. The molecule has 7 nitrogen and oxygen atoms in total. The van der Waals surface area contributed by atoms with Gasteiger partial charge >= 0.3 is 0 Å². The van der Waals surface area contributed by atoms with E-state index in [0.29, 0.717) is 30.3 Å². The minimum absolute atomic E-state index is 0.242. The molecule has 0 spiro atoms. The number of carbonyl (C=O) groups excluding carboxylic acids is 1. The van der Waals surface area contributed by atoms with E-state index in [2.05, 4.69) is 17.3 Å². The number of anilines is 1. The Labute approximate surface area is 176 Å². The number of carbonyl (C=O) groups is 1. The molecule has 0 bridgehead atoms. The molecule has 0 radical (unpaired) electrons. The summed E-state index contributed by atoms with van der Waals surface area (Å²) >= 11 is 0. The zero-order chi connectivity index (χ0) is 21.1. The van der Waals surface area contributed by atoms with E-state index in [4.69, 9.17) is 0 Å². The van der Waals surface area contributed by atoms with Crippen LogP contribution < -0.4 is 5.32 Å². The van der Waals surface area contributed by atoms with Gasteiger partial charge in [0, 0.05) is 25.0 Å². The summed E-state index contributed by atoms with van der Waals surface area (Å²) in [7, 11) is -3.51. The van der Waals surface area contributed by atoms with E-state index >= 15 is 0 Å². The van der Waals surface area contributed by atoms with Gasteiger partial charge in [-0.25, -0.2) is 13.1 Å². The highest BCUT2D eigenvalue weighted by molar-refractivity contribution is 7.89. The van der Waals surface area contributed by atoms with Crippen molar-refractivity contribution < 1.29 is 13.2 Å². The van der Waals surface area contributed by atoms with E-state index in [9.17, 15) is 13.2 Å². The predicted octanol–water partition coefficient (Wildman–Crippen LogP) is 3.55. The summed E-state index contributed by atoms with van der Waals surface area (Å²) in [4.78, 5) is 12.8. The van der Waals surface area contributed by atoms with Crippen molar-refractivity contribution in [2.75, 3.05) is 18.4 Å². The summed E-state index contributed by atoms with van der Waals surface area (Å²) in [5, 5.41) is 7.01. The van der Waals surface area contributed by atoms with E-state index in [1.54, 1.807) is 27.3 Å². The lowest BCUT2D eigenvalue weighted by Gasteiger charge is -2.30. The number of aromatic nitrogens is 2. The lowest BCUT2D eigenvalue weighted by Crippen LogP contribution is -2.39. The fourth-order valence-electron chi connectivity index (χ4n) is 3.59. The first-order chi connectivity index (χ1) is 14.4. The highest BCUT2D eigenvalue weighted by Crippen LogP contribution is 2.24. The Morgan fingerprint density at radius 3 is 2.53 bits per heavy atom. The summed E-state index contributed by atoms with van der Waals surface area (Å²) < 4.78 is 28.9. The number of nitrogens with zero attached hydrogens (tertiary/aromatic N) is 3. The average molecular weight is 425 g/mol. The third-order valence-corrected chi connectivity index (χ3v) is 7.11. The second-order valence-electron chi connectivity index (χ2n) is 7.60. The fraction of sp³-hybridized carbons (Fsp3) is 0.273. The van der Waals surface area contributed by atoms with Crippen LogP contribution in [0, 0.1) is 5.92 Å². The summed E-state index contributed by atoms with van der Waals surface area (Å²) in [6.45, 7) is 3.17. The molecule has 1 fully saturated rings. The van der Waals surface area contributed by atoms with Crippen molar-refractivity contribution in [1.29, 1.82) is 0 Å². The SMILES string of the molecule is CC1CCCN(S(=O)(=O)c2ccc(NC(=O)c3cnn(-c4ccccc4)c3)cc2)C1. The number of hydrogen-bond donors (Lipinski definition) is 1. The summed E-state index contributed by atoms with van der Waals surface area (Å²) in [5.41, 5.74) is 1.80. The molecular weight excluding hydrogens is 400 g/mol. The van der Waals surface area contributed by atoms with Crippen molar-refractivity contribution in [2.45, 2.75) is 24.7 Å². The second-order valence-corrected chi connectivity index (χ2v) is 9.54. The minimum atomic E-state index is -3.51. The van der Waals surface area contributed by atoms with Crippen LogP contribution in [0.2, 0.25) is 0 Å². The summed E-state index contributed by atoms with van der Waals surface area (Å²) in [6, 6.07) is 15.8. The number of para-hydroxylation sites is 1. The van der Waals surface area contributed by atoms with Crippen LogP contribution in [0.5, 0.6) is 0 Å². The molecule has 8 heteroatoms. The number of rotatable bonds is 5. The van der Waals surface area contributed by atoms with Gasteiger partial charge in [-0.2, -0.15) is 9.40 Å². The van der Waals surface area contributed by atoms with E-state index in [1.165, 1.54) is 18.3 Å². The van der Waals surface area contributed by atoms with Crippen LogP contribution in [0.15, 0.2) is 71.9 Å². The maximum Gasteiger partial charge on any atom is 0.258 e. The Morgan fingerprint density at radius 2 is 1.83 bits per heavy atom. The van der Waals surface area contributed by atoms with Crippen molar-refractivity contribution in [3.05, 3.63) is 72.6 Å². The topological polar surface area (TPSA) is 84.3 Å². The molecule has 1 atom stereocenters. The van der Waals surface area contributed by atoms with E-state index in [0.717, 1.165) is 18.5 Å². The van der Waals surface area contributed by atoms with E-state index in [-0.39, 0.29) is 10.8 Å². The van der Waals surface area contributed by atoms with Crippen molar-refractivity contribution in [3.8, 4) is 5.69 Å². The lowest BCUT2D eigenvalue weighted by atomic mass is 10.0. The zero-order valence-electron chi connectivity index (χ0n) is 16.7. The van der Waals surface area contributed by atoms with Crippen molar-refractivity contribution in [1.82, 2.24) is 14.1 Å². The highest BCUT2D eigenvalue weighted by atomic mass is 32.2. The Kier molecular flexibility index (Phi) is 5.69. The molecule has 1 aliphatic rings. The first kappa shape index (κ1) is 20.3. The molecule has 0 saturated carbocycles. The monoisotopic (exact) mass is 424 g/mol. The molecule has 2 heterocycles. The standard InChI is InChI=1S/C22H24N4O3S/c1-17-6-5-13-25(15-17)30(28,29)21-11-9-19(10-12-21)24-22(27)18-14-23-26(16-18)20-7-3-2-4-8-20/h2-4,7-12,14,16-17H,5-6,13,15H2,1H3,(H,24,27). The Bertz CT molecular complexity index is 1120. The first-order valence-electron chi connectivity index (χ1n) is 9.95.